The fraction of sp³-hybridized carbons (Fsp3) is 0.455. The zero-order valence-corrected chi connectivity index (χ0v) is 8.56. The summed E-state index contributed by atoms with van der Waals surface area (Å²) in [6.45, 7) is 2.14. The maximum Gasteiger partial charge on any atom is 0.156 e. The summed E-state index contributed by atoms with van der Waals surface area (Å²) in [4.78, 5) is 4.55. The van der Waals surface area contributed by atoms with Gasteiger partial charge in [0.1, 0.15) is 0 Å². The Balaban J connectivity index is 1.96. The van der Waals surface area contributed by atoms with Gasteiger partial charge in [-0.3, -0.25) is 0 Å². The molecule has 3 heterocycles. The van der Waals surface area contributed by atoms with Gasteiger partial charge < -0.3 is 5.32 Å². The van der Waals surface area contributed by atoms with Gasteiger partial charge in [-0.2, -0.15) is 5.10 Å². The highest BCUT2D eigenvalue weighted by Crippen LogP contribution is 2.20. The SMILES string of the molecule is c1ccn2nc(C3CCCNC3)nc2c1. The first-order valence-corrected chi connectivity index (χ1v) is 5.45. The molecule has 0 spiro atoms. The van der Waals surface area contributed by atoms with Crippen molar-refractivity contribution in [2.75, 3.05) is 13.1 Å². The third-order valence-corrected chi connectivity index (χ3v) is 2.92. The molecular weight excluding hydrogens is 188 g/mol. The maximum absolute atomic E-state index is 4.55. The number of hydrogen-bond acceptors (Lipinski definition) is 3. The Kier molecular flexibility index (Phi) is 2.14. The molecule has 1 saturated heterocycles. The van der Waals surface area contributed by atoms with Crippen LogP contribution < -0.4 is 5.32 Å². The second-order valence-electron chi connectivity index (χ2n) is 4.02. The largest absolute Gasteiger partial charge is 0.316 e. The van der Waals surface area contributed by atoms with Gasteiger partial charge in [0, 0.05) is 18.7 Å². The van der Waals surface area contributed by atoms with E-state index in [1.54, 1.807) is 0 Å². The highest BCUT2D eigenvalue weighted by Gasteiger charge is 2.19. The number of nitrogens with one attached hydrogen (secondary N) is 1. The minimum absolute atomic E-state index is 0.485. The van der Waals surface area contributed by atoms with Gasteiger partial charge in [-0.25, -0.2) is 9.50 Å². The molecule has 0 bridgehead atoms. The summed E-state index contributed by atoms with van der Waals surface area (Å²) in [6, 6.07) is 5.96. The number of rotatable bonds is 1. The Morgan fingerprint density at radius 2 is 2.40 bits per heavy atom. The van der Waals surface area contributed by atoms with Crippen molar-refractivity contribution in [3.8, 4) is 0 Å². The van der Waals surface area contributed by atoms with Crippen LogP contribution in [0.5, 0.6) is 0 Å². The van der Waals surface area contributed by atoms with Crippen LogP contribution >= 0.6 is 0 Å². The van der Waals surface area contributed by atoms with Crippen LogP contribution in [0, 0.1) is 0 Å². The molecule has 15 heavy (non-hydrogen) atoms. The summed E-state index contributed by atoms with van der Waals surface area (Å²) in [6.07, 6.45) is 4.37. The van der Waals surface area contributed by atoms with Gasteiger partial charge in [0.25, 0.3) is 0 Å². The van der Waals surface area contributed by atoms with Crippen molar-refractivity contribution in [3.63, 3.8) is 0 Å². The number of piperidine rings is 1. The predicted octanol–water partition coefficient (Wildman–Crippen LogP) is 1.20. The van der Waals surface area contributed by atoms with E-state index >= 15 is 0 Å². The lowest BCUT2D eigenvalue weighted by atomic mass is 9.99. The lowest BCUT2D eigenvalue weighted by molar-refractivity contribution is 0.447. The second kappa shape index (κ2) is 3.62. The van der Waals surface area contributed by atoms with Gasteiger partial charge in [0.2, 0.25) is 0 Å². The minimum Gasteiger partial charge on any atom is -0.316 e. The summed E-state index contributed by atoms with van der Waals surface area (Å²) in [5.74, 6) is 1.46. The van der Waals surface area contributed by atoms with E-state index in [0.717, 1.165) is 24.6 Å². The number of hydrogen-bond donors (Lipinski definition) is 1. The molecule has 1 atom stereocenters. The van der Waals surface area contributed by atoms with Gasteiger partial charge in [0.15, 0.2) is 11.5 Å². The molecule has 3 rings (SSSR count). The number of aromatic nitrogens is 3. The smallest absolute Gasteiger partial charge is 0.156 e. The van der Waals surface area contributed by atoms with Gasteiger partial charge in [0.05, 0.1) is 0 Å². The summed E-state index contributed by atoms with van der Waals surface area (Å²) in [5.41, 5.74) is 0.943. The van der Waals surface area contributed by atoms with Crippen molar-refractivity contribution < 1.29 is 0 Å². The van der Waals surface area contributed by atoms with Crippen molar-refractivity contribution in [2.45, 2.75) is 18.8 Å². The number of pyridine rings is 1. The molecule has 2 aromatic heterocycles. The van der Waals surface area contributed by atoms with E-state index in [0.29, 0.717) is 5.92 Å². The molecule has 4 heteroatoms. The molecule has 0 aliphatic carbocycles. The molecule has 2 aromatic rings. The molecule has 0 amide bonds. The molecule has 0 saturated carbocycles. The topological polar surface area (TPSA) is 42.2 Å². The fourth-order valence-electron chi connectivity index (χ4n) is 2.09. The molecular formula is C11H14N4. The van der Waals surface area contributed by atoms with Crippen LogP contribution in [0.1, 0.15) is 24.6 Å². The van der Waals surface area contributed by atoms with Crippen LogP contribution in [0.3, 0.4) is 0 Å². The highest BCUT2D eigenvalue weighted by atomic mass is 15.3. The zero-order chi connectivity index (χ0) is 10.1. The van der Waals surface area contributed by atoms with Gasteiger partial charge in [-0.15, -0.1) is 0 Å². The van der Waals surface area contributed by atoms with Gasteiger partial charge in [-0.05, 0) is 31.5 Å². The monoisotopic (exact) mass is 202 g/mol. The Hall–Kier alpha value is -1.42. The van der Waals surface area contributed by atoms with E-state index in [4.69, 9.17) is 0 Å². The van der Waals surface area contributed by atoms with E-state index in [-0.39, 0.29) is 0 Å². The molecule has 4 nitrogen and oxygen atoms in total. The van der Waals surface area contributed by atoms with Crippen LogP contribution in [0.2, 0.25) is 0 Å². The molecule has 1 fully saturated rings. The van der Waals surface area contributed by atoms with Crippen molar-refractivity contribution >= 4 is 5.65 Å². The average molecular weight is 202 g/mol. The third kappa shape index (κ3) is 1.61. The van der Waals surface area contributed by atoms with Crippen molar-refractivity contribution in [1.82, 2.24) is 19.9 Å². The van der Waals surface area contributed by atoms with Crippen molar-refractivity contribution in [1.29, 1.82) is 0 Å². The summed E-state index contributed by atoms with van der Waals surface area (Å²) in [7, 11) is 0. The maximum atomic E-state index is 4.55. The number of nitrogens with zero attached hydrogens (tertiary/aromatic N) is 3. The van der Waals surface area contributed by atoms with Crippen LogP contribution in [0.4, 0.5) is 0 Å². The van der Waals surface area contributed by atoms with Crippen LogP contribution in [0.15, 0.2) is 24.4 Å². The molecule has 1 N–H and O–H groups in total. The Morgan fingerprint density at radius 3 is 3.20 bits per heavy atom. The molecule has 0 radical (unpaired) electrons. The zero-order valence-electron chi connectivity index (χ0n) is 8.56. The van der Waals surface area contributed by atoms with E-state index in [1.165, 1.54) is 12.8 Å². The molecule has 78 valence electrons. The number of fused-ring (bicyclic) bond motifs is 1. The Labute approximate surface area is 88.3 Å². The standard InChI is InChI=1S/C11H14N4/c1-2-7-15-10(5-1)13-11(14-15)9-4-3-6-12-8-9/h1-2,5,7,9,12H,3-4,6,8H2. The van der Waals surface area contributed by atoms with Crippen molar-refractivity contribution in [3.05, 3.63) is 30.2 Å². The van der Waals surface area contributed by atoms with Crippen LogP contribution in [0.25, 0.3) is 5.65 Å². The Morgan fingerprint density at radius 1 is 1.40 bits per heavy atom. The lowest BCUT2D eigenvalue weighted by Gasteiger charge is -2.19. The fourth-order valence-corrected chi connectivity index (χ4v) is 2.09. The van der Waals surface area contributed by atoms with Gasteiger partial charge >= 0.3 is 0 Å². The minimum atomic E-state index is 0.485. The first-order valence-electron chi connectivity index (χ1n) is 5.45. The normalized spacial score (nSPS) is 22.0. The highest BCUT2D eigenvalue weighted by molar-refractivity contribution is 5.36. The van der Waals surface area contributed by atoms with Crippen LogP contribution in [-0.4, -0.2) is 27.7 Å². The third-order valence-electron chi connectivity index (χ3n) is 2.92. The van der Waals surface area contributed by atoms with E-state index in [2.05, 4.69) is 15.4 Å². The molecule has 1 aliphatic heterocycles. The summed E-state index contributed by atoms with van der Waals surface area (Å²) in [5, 5.41) is 7.89. The van der Waals surface area contributed by atoms with Gasteiger partial charge in [-0.1, -0.05) is 6.07 Å². The molecule has 1 aliphatic rings. The quantitative estimate of drug-likeness (QED) is 0.755. The predicted molar refractivity (Wildman–Crippen MR) is 57.8 cm³/mol. The van der Waals surface area contributed by atoms with Crippen molar-refractivity contribution in [2.24, 2.45) is 0 Å². The van der Waals surface area contributed by atoms with E-state index in [1.807, 2.05) is 28.9 Å². The first-order chi connectivity index (χ1) is 7.43. The van der Waals surface area contributed by atoms with Crippen LogP contribution in [-0.2, 0) is 0 Å². The van der Waals surface area contributed by atoms with E-state index < -0.39 is 0 Å². The summed E-state index contributed by atoms with van der Waals surface area (Å²) < 4.78 is 1.85. The average Bonchev–Trinajstić information content (AvgIpc) is 2.74. The van der Waals surface area contributed by atoms with E-state index in [9.17, 15) is 0 Å². The molecule has 1 unspecified atom stereocenters. The Bertz CT molecular complexity index is 423. The second-order valence-corrected chi connectivity index (χ2v) is 4.02. The molecule has 0 aromatic carbocycles. The first kappa shape index (κ1) is 8.85. The lowest BCUT2D eigenvalue weighted by Crippen LogP contribution is -2.28. The summed E-state index contributed by atoms with van der Waals surface area (Å²) >= 11 is 0.